The van der Waals surface area contributed by atoms with Crippen LogP contribution in [0.4, 0.5) is 4.79 Å². The number of carbonyl (C=O) groups is 2. The second-order valence-corrected chi connectivity index (χ2v) is 6.11. The molecule has 1 saturated carbocycles. The Kier molecular flexibility index (Phi) is 5.05. The first-order valence-corrected chi connectivity index (χ1v) is 7.45. The summed E-state index contributed by atoms with van der Waals surface area (Å²) in [5.74, 6) is -0.928. The lowest BCUT2D eigenvalue weighted by Crippen LogP contribution is -2.53. The fourth-order valence-corrected chi connectivity index (χ4v) is 3.15. The van der Waals surface area contributed by atoms with E-state index in [2.05, 4.69) is 0 Å². The molecular weight excluding hydrogens is 276 g/mol. The highest BCUT2D eigenvalue weighted by atomic mass is 16.5. The van der Waals surface area contributed by atoms with Crippen molar-refractivity contribution in [1.29, 1.82) is 0 Å². The first kappa shape index (κ1) is 16.0. The van der Waals surface area contributed by atoms with E-state index in [0.29, 0.717) is 19.7 Å². The minimum atomic E-state index is -0.928. The minimum Gasteiger partial charge on any atom is -0.481 e. The fraction of sp³-hybridized carbons (Fsp3) is 0.857. The van der Waals surface area contributed by atoms with E-state index in [1.54, 1.807) is 11.9 Å². The molecule has 1 saturated heterocycles. The summed E-state index contributed by atoms with van der Waals surface area (Å²) in [6.45, 7) is 1.42. The lowest BCUT2D eigenvalue weighted by atomic mass is 10.0. The number of aliphatic carboxylic acids is 1. The summed E-state index contributed by atoms with van der Waals surface area (Å²) in [4.78, 5) is 26.3. The van der Waals surface area contributed by atoms with E-state index in [1.807, 2.05) is 0 Å². The van der Waals surface area contributed by atoms with Gasteiger partial charge in [-0.05, 0) is 12.8 Å². The molecule has 1 heterocycles. The first-order valence-electron chi connectivity index (χ1n) is 7.45. The number of carbonyl (C=O) groups excluding carboxylic acids is 1. The van der Waals surface area contributed by atoms with Gasteiger partial charge in [-0.1, -0.05) is 12.8 Å². The first-order chi connectivity index (χ1) is 9.89. The number of ether oxygens (including phenoxy) is 1. The standard InChI is InChI=1S/C14H24N2O5/c1-15(10-14(20)4-2-3-5-14)13(19)16-6-7-21-11(9-16)8-12(17)18/h11,20H,2-10H2,1H3,(H,17,18). The van der Waals surface area contributed by atoms with Gasteiger partial charge < -0.3 is 24.7 Å². The molecule has 1 aliphatic heterocycles. The molecule has 1 atom stereocenters. The maximum Gasteiger partial charge on any atom is 0.320 e. The van der Waals surface area contributed by atoms with Crippen molar-refractivity contribution in [2.45, 2.75) is 43.8 Å². The summed E-state index contributed by atoms with van der Waals surface area (Å²) in [5.41, 5.74) is -0.767. The molecule has 120 valence electrons. The van der Waals surface area contributed by atoms with Crippen LogP contribution >= 0.6 is 0 Å². The molecule has 0 aromatic rings. The number of hydrogen-bond acceptors (Lipinski definition) is 4. The smallest absolute Gasteiger partial charge is 0.320 e. The zero-order chi connectivity index (χ0) is 15.5. The molecule has 7 heteroatoms. The number of rotatable bonds is 4. The number of amides is 2. The van der Waals surface area contributed by atoms with Gasteiger partial charge in [-0.25, -0.2) is 4.79 Å². The third-order valence-electron chi connectivity index (χ3n) is 4.20. The predicted molar refractivity (Wildman–Crippen MR) is 75.0 cm³/mol. The Morgan fingerprint density at radius 2 is 2.05 bits per heavy atom. The number of carboxylic acids is 1. The average Bonchev–Trinajstić information content (AvgIpc) is 2.83. The summed E-state index contributed by atoms with van der Waals surface area (Å²) in [7, 11) is 1.68. The van der Waals surface area contributed by atoms with E-state index in [9.17, 15) is 14.7 Å². The van der Waals surface area contributed by atoms with Crippen LogP contribution in [0.25, 0.3) is 0 Å². The fourth-order valence-electron chi connectivity index (χ4n) is 3.15. The number of nitrogens with zero attached hydrogens (tertiary/aromatic N) is 2. The van der Waals surface area contributed by atoms with Crippen molar-refractivity contribution in [3.8, 4) is 0 Å². The molecule has 1 unspecified atom stereocenters. The molecule has 0 radical (unpaired) electrons. The van der Waals surface area contributed by atoms with E-state index in [4.69, 9.17) is 9.84 Å². The number of urea groups is 1. The highest BCUT2D eigenvalue weighted by molar-refractivity contribution is 5.74. The quantitative estimate of drug-likeness (QED) is 0.790. The van der Waals surface area contributed by atoms with Crippen molar-refractivity contribution in [2.75, 3.05) is 33.3 Å². The number of carboxylic acid groups (broad SMARTS) is 1. The largest absolute Gasteiger partial charge is 0.481 e. The van der Waals surface area contributed by atoms with Crippen LogP contribution in [-0.2, 0) is 9.53 Å². The predicted octanol–water partition coefficient (Wildman–Crippen LogP) is 0.519. The van der Waals surface area contributed by atoms with Gasteiger partial charge in [0.2, 0.25) is 0 Å². The average molecular weight is 300 g/mol. The van der Waals surface area contributed by atoms with Gasteiger partial charge in [0.05, 0.1) is 31.3 Å². The van der Waals surface area contributed by atoms with E-state index in [0.717, 1.165) is 25.7 Å². The molecule has 2 N–H and O–H groups in total. The molecule has 2 fully saturated rings. The Morgan fingerprint density at radius 3 is 2.67 bits per heavy atom. The van der Waals surface area contributed by atoms with Crippen LogP contribution in [0.3, 0.4) is 0 Å². The van der Waals surface area contributed by atoms with Crippen LogP contribution < -0.4 is 0 Å². The molecule has 0 bridgehead atoms. The van der Waals surface area contributed by atoms with Crippen LogP contribution in [0.15, 0.2) is 0 Å². The number of likely N-dealkylation sites (N-methyl/N-ethyl adjacent to an activating group) is 1. The normalized spacial score (nSPS) is 24.9. The number of aliphatic hydroxyl groups is 1. The SMILES string of the molecule is CN(CC1(O)CCCC1)C(=O)N1CCOC(CC(=O)O)C1. The van der Waals surface area contributed by atoms with Crippen LogP contribution in [-0.4, -0.2) is 77.0 Å². The lowest BCUT2D eigenvalue weighted by Gasteiger charge is -2.37. The topological polar surface area (TPSA) is 90.3 Å². The Balaban J connectivity index is 1.87. The molecule has 7 nitrogen and oxygen atoms in total. The highest BCUT2D eigenvalue weighted by Gasteiger charge is 2.35. The van der Waals surface area contributed by atoms with Crippen molar-refractivity contribution in [2.24, 2.45) is 0 Å². The molecule has 0 spiro atoms. The second kappa shape index (κ2) is 6.62. The molecule has 1 aliphatic carbocycles. The molecule has 21 heavy (non-hydrogen) atoms. The number of hydrogen-bond donors (Lipinski definition) is 2. The van der Waals surface area contributed by atoms with Gasteiger partial charge >= 0.3 is 12.0 Å². The van der Waals surface area contributed by atoms with E-state index < -0.39 is 17.7 Å². The zero-order valence-electron chi connectivity index (χ0n) is 12.5. The van der Waals surface area contributed by atoms with Gasteiger partial charge in [0.25, 0.3) is 0 Å². The maximum absolute atomic E-state index is 12.4. The van der Waals surface area contributed by atoms with Gasteiger partial charge in [-0.2, -0.15) is 0 Å². The Hall–Kier alpha value is -1.34. The molecule has 0 aromatic heterocycles. The summed E-state index contributed by atoms with van der Waals surface area (Å²) in [6.07, 6.45) is 2.90. The third-order valence-corrected chi connectivity index (χ3v) is 4.20. The van der Waals surface area contributed by atoms with Gasteiger partial charge in [-0.3, -0.25) is 4.79 Å². The summed E-state index contributed by atoms with van der Waals surface area (Å²) in [6, 6.07) is -0.172. The van der Waals surface area contributed by atoms with Crippen molar-refractivity contribution in [3.63, 3.8) is 0 Å². The second-order valence-electron chi connectivity index (χ2n) is 6.11. The lowest BCUT2D eigenvalue weighted by molar-refractivity contribution is -0.141. The zero-order valence-corrected chi connectivity index (χ0v) is 12.5. The van der Waals surface area contributed by atoms with E-state index in [1.165, 1.54) is 4.90 Å². The summed E-state index contributed by atoms with van der Waals surface area (Å²) >= 11 is 0. The molecule has 2 amide bonds. The van der Waals surface area contributed by atoms with Crippen molar-refractivity contribution < 1.29 is 24.5 Å². The molecule has 2 aliphatic rings. The van der Waals surface area contributed by atoms with Gasteiger partial charge in [0.1, 0.15) is 0 Å². The minimum absolute atomic E-state index is 0.0998. The Morgan fingerprint density at radius 1 is 1.38 bits per heavy atom. The number of morpholine rings is 1. The highest BCUT2D eigenvalue weighted by Crippen LogP contribution is 2.30. The van der Waals surface area contributed by atoms with Crippen molar-refractivity contribution in [1.82, 2.24) is 9.80 Å². The van der Waals surface area contributed by atoms with Crippen LogP contribution in [0.5, 0.6) is 0 Å². The third kappa shape index (κ3) is 4.31. The van der Waals surface area contributed by atoms with Crippen LogP contribution in [0, 0.1) is 0 Å². The summed E-state index contributed by atoms with van der Waals surface area (Å²) in [5, 5.41) is 19.2. The molecule has 0 aromatic carbocycles. The van der Waals surface area contributed by atoms with E-state index in [-0.39, 0.29) is 19.0 Å². The molecule has 2 rings (SSSR count). The van der Waals surface area contributed by atoms with E-state index >= 15 is 0 Å². The van der Waals surface area contributed by atoms with Gasteiger partial charge in [0.15, 0.2) is 0 Å². The van der Waals surface area contributed by atoms with Crippen LogP contribution in [0.2, 0.25) is 0 Å². The molecular formula is C14H24N2O5. The van der Waals surface area contributed by atoms with Crippen molar-refractivity contribution >= 4 is 12.0 Å². The summed E-state index contributed by atoms with van der Waals surface area (Å²) < 4.78 is 5.36. The van der Waals surface area contributed by atoms with Gasteiger partial charge in [-0.15, -0.1) is 0 Å². The Labute approximate surface area is 124 Å². The monoisotopic (exact) mass is 300 g/mol. The Bertz CT molecular complexity index is 395. The van der Waals surface area contributed by atoms with Crippen LogP contribution in [0.1, 0.15) is 32.1 Å². The van der Waals surface area contributed by atoms with Crippen molar-refractivity contribution in [3.05, 3.63) is 0 Å². The van der Waals surface area contributed by atoms with Gasteiger partial charge in [0, 0.05) is 20.1 Å². The maximum atomic E-state index is 12.4.